The Kier molecular flexibility index (Phi) is 2.25. The van der Waals surface area contributed by atoms with E-state index in [4.69, 9.17) is 9.96 Å². The minimum atomic E-state index is -4.36. The van der Waals surface area contributed by atoms with Crippen LogP contribution in [0.2, 0.25) is 0 Å². The maximum atomic E-state index is 11.5. The first-order valence-electron chi connectivity index (χ1n) is 4.33. The monoisotopic (exact) mass is 237 g/mol. The van der Waals surface area contributed by atoms with Crippen molar-refractivity contribution in [2.24, 2.45) is 0 Å². The van der Waals surface area contributed by atoms with Gasteiger partial charge in [0.05, 0.1) is 0 Å². The van der Waals surface area contributed by atoms with Crippen LogP contribution in [0.15, 0.2) is 29.2 Å². The zero-order valence-electron chi connectivity index (χ0n) is 7.97. The lowest BCUT2D eigenvalue weighted by molar-refractivity contribution is 0.106. The number of ketones is 1. The van der Waals surface area contributed by atoms with Crippen LogP contribution in [0.5, 0.6) is 0 Å². The third-order valence-electron chi connectivity index (χ3n) is 2.25. The second kappa shape index (κ2) is 3.36. The number of allylic oxidation sites excluding steroid dienone is 1. The van der Waals surface area contributed by atoms with Gasteiger partial charge in [-0.3, -0.25) is 14.8 Å². The number of carbonyl (C=O) groups is 1. The van der Waals surface area contributed by atoms with E-state index in [1.54, 1.807) is 0 Å². The Labute approximate surface area is 91.7 Å². The van der Waals surface area contributed by atoms with E-state index < -0.39 is 15.9 Å². The van der Waals surface area contributed by atoms with Crippen LogP contribution in [0.3, 0.4) is 0 Å². The molecule has 0 radical (unpaired) electrons. The molecule has 1 aliphatic carbocycles. The Morgan fingerprint density at radius 2 is 1.88 bits per heavy atom. The molecule has 0 bridgehead atoms. The average Bonchev–Trinajstić information content (AvgIpc) is 2.21. The third-order valence-corrected chi connectivity index (χ3v) is 3.16. The third kappa shape index (κ3) is 1.58. The molecular formula is C10H7NO4S. The maximum Gasteiger partial charge on any atom is 0.295 e. The van der Waals surface area contributed by atoms with Crippen LogP contribution in [-0.4, -0.2) is 24.5 Å². The molecule has 5 nitrogen and oxygen atoms in total. The molecule has 6 heteroatoms. The van der Waals surface area contributed by atoms with E-state index in [1.165, 1.54) is 30.4 Å². The molecule has 0 amide bonds. The van der Waals surface area contributed by atoms with Gasteiger partial charge in [0.2, 0.25) is 5.78 Å². The molecule has 0 heterocycles. The molecule has 0 spiro atoms. The highest BCUT2D eigenvalue weighted by atomic mass is 32.2. The molecule has 0 saturated carbocycles. The van der Waals surface area contributed by atoms with E-state index in [1.807, 2.05) is 0 Å². The first kappa shape index (κ1) is 10.7. The molecule has 82 valence electrons. The van der Waals surface area contributed by atoms with Gasteiger partial charge >= 0.3 is 0 Å². The lowest BCUT2D eigenvalue weighted by Crippen LogP contribution is -2.17. The fraction of sp³-hybridized carbons (Fsp3) is 0. The van der Waals surface area contributed by atoms with Gasteiger partial charge in [-0.05, 0) is 12.1 Å². The van der Waals surface area contributed by atoms with Crippen LogP contribution in [0.4, 0.5) is 0 Å². The molecule has 0 unspecified atom stereocenters. The molecule has 2 N–H and O–H groups in total. The highest BCUT2D eigenvalue weighted by molar-refractivity contribution is 7.86. The molecule has 0 aromatic heterocycles. The maximum absolute atomic E-state index is 11.5. The molecule has 0 fully saturated rings. The first-order valence-corrected chi connectivity index (χ1v) is 5.77. The molecular weight excluding hydrogens is 230 g/mol. The van der Waals surface area contributed by atoms with Crippen LogP contribution in [-0.2, 0) is 10.1 Å². The Morgan fingerprint density at radius 1 is 1.19 bits per heavy atom. The van der Waals surface area contributed by atoms with E-state index in [-0.39, 0.29) is 21.7 Å². The fourth-order valence-electron chi connectivity index (χ4n) is 1.53. The molecule has 0 saturated heterocycles. The number of benzene rings is 1. The van der Waals surface area contributed by atoms with Crippen molar-refractivity contribution < 1.29 is 17.8 Å². The quantitative estimate of drug-likeness (QED) is 0.716. The van der Waals surface area contributed by atoms with Crippen molar-refractivity contribution >= 4 is 27.7 Å². The van der Waals surface area contributed by atoms with Gasteiger partial charge in [-0.25, -0.2) is 0 Å². The predicted octanol–water partition coefficient (Wildman–Crippen LogP) is 1.16. The van der Waals surface area contributed by atoms with E-state index in [0.29, 0.717) is 0 Å². The molecule has 2 rings (SSSR count). The summed E-state index contributed by atoms with van der Waals surface area (Å²) in [6.07, 6.45) is 2.54. The van der Waals surface area contributed by atoms with Gasteiger partial charge in [-0.15, -0.1) is 0 Å². The second-order valence-electron chi connectivity index (χ2n) is 3.27. The number of Topliss-reactive ketones (excluding diaryl/α,β-unsaturated/α-hetero) is 1. The van der Waals surface area contributed by atoms with E-state index in [2.05, 4.69) is 0 Å². The number of carbonyl (C=O) groups excluding carboxylic acids is 1. The lowest BCUT2D eigenvalue weighted by Gasteiger charge is -2.12. The molecule has 16 heavy (non-hydrogen) atoms. The number of nitrogens with one attached hydrogen (secondary N) is 1. The zero-order valence-corrected chi connectivity index (χ0v) is 8.78. The Hall–Kier alpha value is -1.79. The van der Waals surface area contributed by atoms with Crippen molar-refractivity contribution in [1.82, 2.24) is 0 Å². The summed E-state index contributed by atoms with van der Waals surface area (Å²) in [6, 6.07) is 3.98. The highest BCUT2D eigenvalue weighted by Crippen LogP contribution is 2.24. The summed E-state index contributed by atoms with van der Waals surface area (Å²) in [5, 5.41) is 7.30. The van der Waals surface area contributed by atoms with Crippen LogP contribution in [0, 0.1) is 5.41 Å². The van der Waals surface area contributed by atoms with Crippen molar-refractivity contribution in [2.45, 2.75) is 4.90 Å². The smallest absolute Gasteiger partial charge is 0.295 e. The van der Waals surface area contributed by atoms with Crippen molar-refractivity contribution in [1.29, 1.82) is 5.41 Å². The Balaban J connectivity index is 2.80. The van der Waals surface area contributed by atoms with Gasteiger partial charge in [0.15, 0.2) is 0 Å². The van der Waals surface area contributed by atoms with E-state index >= 15 is 0 Å². The van der Waals surface area contributed by atoms with Crippen molar-refractivity contribution in [2.75, 3.05) is 0 Å². The van der Waals surface area contributed by atoms with Gasteiger partial charge < -0.3 is 0 Å². The Morgan fingerprint density at radius 3 is 2.50 bits per heavy atom. The summed E-state index contributed by atoms with van der Waals surface area (Å²) in [4.78, 5) is 11.2. The van der Waals surface area contributed by atoms with Crippen molar-refractivity contribution in [3.05, 3.63) is 35.4 Å². The Bertz CT molecular complexity index is 628. The van der Waals surface area contributed by atoms with Gasteiger partial charge in [0.25, 0.3) is 10.1 Å². The summed E-state index contributed by atoms with van der Waals surface area (Å²) in [5.74, 6) is -0.553. The average molecular weight is 237 g/mol. The summed E-state index contributed by atoms with van der Waals surface area (Å²) < 4.78 is 31.1. The fourth-order valence-corrected chi connectivity index (χ4v) is 2.23. The van der Waals surface area contributed by atoms with Gasteiger partial charge in [0, 0.05) is 11.1 Å². The number of fused-ring (bicyclic) bond motifs is 1. The van der Waals surface area contributed by atoms with Crippen LogP contribution < -0.4 is 0 Å². The van der Waals surface area contributed by atoms with Crippen molar-refractivity contribution in [3.63, 3.8) is 0 Å². The van der Waals surface area contributed by atoms with E-state index in [9.17, 15) is 13.2 Å². The number of hydrogen-bond donors (Lipinski definition) is 2. The van der Waals surface area contributed by atoms with Crippen molar-refractivity contribution in [3.8, 4) is 0 Å². The molecule has 1 aromatic rings. The molecule has 1 aromatic carbocycles. The first-order chi connectivity index (χ1) is 7.41. The van der Waals surface area contributed by atoms with Crippen LogP contribution >= 0.6 is 0 Å². The normalized spacial score (nSPS) is 15.1. The predicted molar refractivity (Wildman–Crippen MR) is 57.3 cm³/mol. The number of hydrogen-bond acceptors (Lipinski definition) is 4. The largest absolute Gasteiger partial charge is 0.297 e. The van der Waals surface area contributed by atoms with E-state index in [0.717, 1.165) is 0 Å². The SMILES string of the molecule is N=C1C=Cc2c(cccc2S(=O)(=O)O)C1=O. The number of rotatable bonds is 1. The van der Waals surface area contributed by atoms with Gasteiger partial charge in [0.1, 0.15) is 10.6 Å². The summed E-state index contributed by atoms with van der Waals surface area (Å²) in [7, 11) is -4.36. The summed E-state index contributed by atoms with van der Waals surface area (Å²) in [5.41, 5.74) is 0.0358. The van der Waals surface area contributed by atoms with Crippen LogP contribution in [0.1, 0.15) is 15.9 Å². The zero-order chi connectivity index (χ0) is 11.9. The topological polar surface area (TPSA) is 95.3 Å². The highest BCUT2D eigenvalue weighted by Gasteiger charge is 2.24. The van der Waals surface area contributed by atoms with Gasteiger partial charge in [-0.2, -0.15) is 8.42 Å². The molecule has 0 aliphatic heterocycles. The minimum Gasteiger partial charge on any atom is -0.297 e. The lowest BCUT2D eigenvalue weighted by atomic mass is 9.95. The van der Waals surface area contributed by atoms with Crippen LogP contribution in [0.25, 0.3) is 6.08 Å². The molecule has 0 atom stereocenters. The second-order valence-corrected chi connectivity index (χ2v) is 4.66. The summed E-state index contributed by atoms with van der Waals surface area (Å²) >= 11 is 0. The standard InChI is InChI=1S/C10H7NO4S/c11-8-5-4-6-7(10(8)12)2-1-3-9(6)16(13,14)15/h1-5,11H,(H,13,14,15). The minimum absolute atomic E-state index is 0.114. The summed E-state index contributed by atoms with van der Waals surface area (Å²) in [6.45, 7) is 0. The molecule has 1 aliphatic rings. The van der Waals surface area contributed by atoms with Gasteiger partial charge in [-0.1, -0.05) is 18.2 Å².